The van der Waals surface area contributed by atoms with Crippen molar-refractivity contribution >= 4 is 5.84 Å². The summed E-state index contributed by atoms with van der Waals surface area (Å²) in [7, 11) is 0. The maximum atomic E-state index is 7.64. The van der Waals surface area contributed by atoms with Gasteiger partial charge in [0.05, 0.1) is 17.8 Å². The summed E-state index contributed by atoms with van der Waals surface area (Å²) in [5, 5.41) is 7.64. The first-order chi connectivity index (χ1) is 10.2. The monoisotopic (exact) mass is 290 g/mol. The molecule has 1 atom stereocenters. The normalized spacial score (nSPS) is 24.7. The Hall–Kier alpha value is -1.59. The molecule has 0 amide bonds. The number of rotatable bonds is 3. The third kappa shape index (κ3) is 3.19. The van der Waals surface area contributed by atoms with Gasteiger partial charge in [-0.3, -0.25) is 5.41 Å². The molecule has 2 fully saturated rings. The van der Waals surface area contributed by atoms with Gasteiger partial charge in [0.1, 0.15) is 17.7 Å². The van der Waals surface area contributed by atoms with Crippen LogP contribution in [0.5, 0.6) is 5.75 Å². The van der Waals surface area contributed by atoms with Gasteiger partial charge in [-0.25, -0.2) is 0 Å². The van der Waals surface area contributed by atoms with E-state index >= 15 is 0 Å². The summed E-state index contributed by atoms with van der Waals surface area (Å²) >= 11 is 0. The molecule has 0 aromatic heterocycles. The summed E-state index contributed by atoms with van der Waals surface area (Å²) in [6, 6.07) is 7.48. The van der Waals surface area contributed by atoms with Crippen LogP contribution in [0.3, 0.4) is 0 Å². The van der Waals surface area contributed by atoms with Gasteiger partial charge in [-0.1, -0.05) is 12.1 Å². The highest BCUT2D eigenvalue weighted by Gasteiger charge is 2.40. The third-order valence-corrected chi connectivity index (χ3v) is 4.32. The molecule has 114 valence electrons. The predicted molar refractivity (Wildman–Crippen MR) is 79.8 cm³/mol. The van der Waals surface area contributed by atoms with E-state index < -0.39 is 0 Å². The van der Waals surface area contributed by atoms with Gasteiger partial charge in [0.15, 0.2) is 0 Å². The van der Waals surface area contributed by atoms with Gasteiger partial charge in [0.25, 0.3) is 0 Å². The lowest BCUT2D eigenvalue weighted by atomic mass is 9.85. The van der Waals surface area contributed by atoms with Crippen molar-refractivity contribution in [3.05, 3.63) is 29.8 Å². The molecule has 0 bridgehead atoms. The molecule has 1 aromatic rings. The lowest BCUT2D eigenvalue weighted by Crippen LogP contribution is -2.47. The molecule has 2 aliphatic heterocycles. The molecular formula is C16H22N2O3. The van der Waals surface area contributed by atoms with Crippen LogP contribution < -0.4 is 10.5 Å². The van der Waals surface area contributed by atoms with Crippen LogP contribution in [0.2, 0.25) is 0 Å². The first-order valence-corrected chi connectivity index (χ1v) is 7.50. The summed E-state index contributed by atoms with van der Waals surface area (Å²) in [6.45, 7) is 2.24. The van der Waals surface area contributed by atoms with Gasteiger partial charge in [0, 0.05) is 26.1 Å². The zero-order valence-electron chi connectivity index (χ0n) is 12.1. The van der Waals surface area contributed by atoms with E-state index in [0.29, 0.717) is 17.9 Å². The summed E-state index contributed by atoms with van der Waals surface area (Å²) in [5.74, 6) is 0.734. The molecule has 2 aliphatic rings. The molecule has 0 radical (unpaired) electrons. The van der Waals surface area contributed by atoms with Gasteiger partial charge >= 0.3 is 0 Å². The fourth-order valence-electron chi connectivity index (χ4n) is 3.15. The summed E-state index contributed by atoms with van der Waals surface area (Å²) in [5.41, 5.74) is 6.18. The maximum absolute atomic E-state index is 7.64. The minimum Gasteiger partial charge on any atom is -0.489 e. The van der Waals surface area contributed by atoms with Crippen molar-refractivity contribution in [2.45, 2.75) is 37.4 Å². The van der Waals surface area contributed by atoms with E-state index in [0.717, 1.165) is 38.9 Å². The number of ether oxygens (including phenoxy) is 3. The van der Waals surface area contributed by atoms with E-state index in [4.69, 9.17) is 25.4 Å². The first-order valence-electron chi connectivity index (χ1n) is 7.50. The Morgan fingerprint density at radius 2 is 2.00 bits per heavy atom. The number of hydrogen-bond acceptors (Lipinski definition) is 4. The zero-order chi connectivity index (χ0) is 14.7. The number of nitrogen functional groups attached to an aromatic ring is 1. The van der Waals surface area contributed by atoms with Crippen LogP contribution in [0.4, 0.5) is 0 Å². The van der Waals surface area contributed by atoms with E-state index in [-0.39, 0.29) is 17.5 Å². The van der Waals surface area contributed by atoms with E-state index in [1.807, 2.05) is 24.3 Å². The molecular weight excluding hydrogens is 268 g/mol. The molecule has 21 heavy (non-hydrogen) atoms. The van der Waals surface area contributed by atoms with Crippen LogP contribution in [0.15, 0.2) is 24.3 Å². The fourth-order valence-corrected chi connectivity index (χ4v) is 3.15. The van der Waals surface area contributed by atoms with Crippen molar-refractivity contribution in [3.63, 3.8) is 0 Å². The van der Waals surface area contributed by atoms with Gasteiger partial charge in [0.2, 0.25) is 0 Å². The topological polar surface area (TPSA) is 77.6 Å². The number of nitrogens with one attached hydrogen (secondary N) is 1. The average Bonchev–Trinajstić information content (AvgIpc) is 2.48. The maximum Gasteiger partial charge on any atom is 0.130 e. The molecule has 3 N–H and O–H groups in total. The Labute approximate surface area is 124 Å². The van der Waals surface area contributed by atoms with E-state index in [1.54, 1.807) is 0 Å². The number of para-hydroxylation sites is 1. The predicted octanol–water partition coefficient (Wildman–Crippen LogP) is 2.08. The molecule has 1 spiro atoms. The van der Waals surface area contributed by atoms with Gasteiger partial charge in [-0.05, 0) is 25.0 Å². The molecule has 1 aromatic carbocycles. The zero-order valence-corrected chi connectivity index (χ0v) is 12.1. The Kier molecular flexibility index (Phi) is 4.12. The second-order valence-electron chi connectivity index (χ2n) is 5.79. The smallest absolute Gasteiger partial charge is 0.130 e. The van der Waals surface area contributed by atoms with Crippen LogP contribution >= 0.6 is 0 Å². The second-order valence-corrected chi connectivity index (χ2v) is 5.79. The summed E-state index contributed by atoms with van der Waals surface area (Å²) in [4.78, 5) is 0. The van der Waals surface area contributed by atoms with Crippen LogP contribution in [-0.2, 0) is 9.47 Å². The minimum atomic E-state index is -0.0909. The van der Waals surface area contributed by atoms with Crippen molar-refractivity contribution in [1.82, 2.24) is 0 Å². The number of nitrogens with two attached hydrogens (primary N) is 1. The Balaban J connectivity index is 1.71. The average molecular weight is 290 g/mol. The Bertz CT molecular complexity index is 506. The third-order valence-electron chi connectivity index (χ3n) is 4.32. The van der Waals surface area contributed by atoms with Crippen LogP contribution in [-0.4, -0.2) is 37.4 Å². The van der Waals surface area contributed by atoms with Crippen molar-refractivity contribution < 1.29 is 14.2 Å². The Morgan fingerprint density at radius 3 is 2.76 bits per heavy atom. The van der Waals surface area contributed by atoms with E-state index in [2.05, 4.69) is 0 Å². The van der Waals surface area contributed by atoms with Gasteiger partial charge in [-0.2, -0.15) is 0 Å². The van der Waals surface area contributed by atoms with Crippen molar-refractivity contribution in [2.75, 3.05) is 19.8 Å². The molecule has 2 saturated heterocycles. The highest BCUT2D eigenvalue weighted by Crippen LogP contribution is 2.36. The molecule has 0 aliphatic carbocycles. The Morgan fingerprint density at radius 1 is 1.24 bits per heavy atom. The molecule has 5 nitrogen and oxygen atoms in total. The minimum absolute atomic E-state index is 0.0402. The lowest BCUT2D eigenvalue weighted by molar-refractivity contribution is -0.155. The highest BCUT2D eigenvalue weighted by molar-refractivity contribution is 5.97. The van der Waals surface area contributed by atoms with Crippen LogP contribution in [0.25, 0.3) is 0 Å². The molecule has 2 heterocycles. The molecule has 0 saturated carbocycles. The van der Waals surface area contributed by atoms with Crippen molar-refractivity contribution in [3.8, 4) is 5.75 Å². The van der Waals surface area contributed by atoms with Gasteiger partial charge in [-0.15, -0.1) is 0 Å². The molecule has 5 heteroatoms. The number of benzene rings is 1. The summed E-state index contributed by atoms with van der Waals surface area (Å²) in [6.07, 6.45) is 3.72. The molecule has 1 unspecified atom stereocenters. The highest BCUT2D eigenvalue weighted by atomic mass is 16.5. The van der Waals surface area contributed by atoms with Crippen LogP contribution in [0, 0.1) is 5.41 Å². The van der Waals surface area contributed by atoms with Gasteiger partial charge < -0.3 is 19.9 Å². The quantitative estimate of drug-likeness (QED) is 0.660. The standard InChI is InChI=1S/C16H22N2O3/c17-15(18)13-3-1-2-4-14(13)21-12-5-8-20-16(11-12)6-9-19-10-7-16/h1-4,12H,5-11H2,(H3,17,18). The summed E-state index contributed by atoms with van der Waals surface area (Å²) < 4.78 is 17.6. The van der Waals surface area contributed by atoms with Crippen molar-refractivity contribution in [2.24, 2.45) is 5.73 Å². The number of amidine groups is 1. The van der Waals surface area contributed by atoms with Crippen LogP contribution in [0.1, 0.15) is 31.2 Å². The van der Waals surface area contributed by atoms with Crippen molar-refractivity contribution in [1.29, 1.82) is 5.41 Å². The van der Waals surface area contributed by atoms with E-state index in [1.165, 1.54) is 0 Å². The fraction of sp³-hybridized carbons (Fsp3) is 0.562. The van der Waals surface area contributed by atoms with E-state index in [9.17, 15) is 0 Å². The number of hydrogen-bond donors (Lipinski definition) is 2. The second kappa shape index (κ2) is 6.03. The lowest BCUT2D eigenvalue weighted by Gasteiger charge is -2.43. The largest absolute Gasteiger partial charge is 0.489 e. The SMILES string of the molecule is N=C(N)c1ccccc1OC1CCOC2(CCOCC2)C1. The first kappa shape index (κ1) is 14.4. The molecule has 3 rings (SSSR count).